The molecule has 0 saturated heterocycles. The number of hydrogen-bond donors (Lipinski definition) is 1. The second kappa shape index (κ2) is 6.30. The summed E-state index contributed by atoms with van der Waals surface area (Å²) in [5, 5.41) is 8.64. The van der Waals surface area contributed by atoms with Crippen molar-refractivity contribution in [2.45, 2.75) is 12.8 Å². The number of ether oxygens (including phenoxy) is 1. The van der Waals surface area contributed by atoms with E-state index < -0.39 is 0 Å². The van der Waals surface area contributed by atoms with Crippen LogP contribution in [0.4, 0.5) is 0 Å². The number of allylic oxidation sites excluding steroid dienone is 2. The second-order valence-corrected chi connectivity index (χ2v) is 3.64. The fourth-order valence-electron chi connectivity index (χ4n) is 1.47. The van der Waals surface area contributed by atoms with Crippen LogP contribution in [0.2, 0.25) is 0 Å². The van der Waals surface area contributed by atoms with E-state index in [1.165, 1.54) is 5.57 Å². The average molecular weight is 209 g/mol. The summed E-state index contributed by atoms with van der Waals surface area (Å²) < 4.78 is 5.19. The monoisotopic (exact) mass is 209 g/mol. The van der Waals surface area contributed by atoms with Gasteiger partial charge >= 0.3 is 0 Å². The number of unbranched alkanes of at least 4 members (excludes halogenated alkanes) is 1. The molecule has 0 bridgehead atoms. The third-order valence-corrected chi connectivity index (χ3v) is 2.20. The van der Waals surface area contributed by atoms with Crippen LogP contribution in [-0.2, 0) is 4.74 Å². The SMILES string of the molecule is COC1=CN(C)CC(/C=C/CCCO)=C1. The molecule has 0 atom stereocenters. The number of aliphatic hydroxyl groups excluding tert-OH is 1. The Balaban J connectivity index is 2.51. The van der Waals surface area contributed by atoms with Crippen molar-refractivity contribution in [2.75, 3.05) is 27.3 Å². The van der Waals surface area contributed by atoms with E-state index >= 15 is 0 Å². The first kappa shape index (κ1) is 11.9. The summed E-state index contributed by atoms with van der Waals surface area (Å²) in [5.41, 5.74) is 1.23. The summed E-state index contributed by atoms with van der Waals surface area (Å²) in [6.45, 7) is 1.16. The van der Waals surface area contributed by atoms with Gasteiger partial charge in [0.1, 0.15) is 5.76 Å². The molecule has 0 amide bonds. The molecule has 0 saturated carbocycles. The van der Waals surface area contributed by atoms with Crippen molar-refractivity contribution >= 4 is 0 Å². The lowest BCUT2D eigenvalue weighted by Gasteiger charge is -2.20. The topological polar surface area (TPSA) is 32.7 Å². The molecule has 0 fully saturated rings. The lowest BCUT2D eigenvalue weighted by atomic mass is 10.1. The van der Waals surface area contributed by atoms with Gasteiger partial charge in [-0.25, -0.2) is 0 Å². The maximum absolute atomic E-state index is 8.64. The van der Waals surface area contributed by atoms with Crippen LogP contribution in [0.1, 0.15) is 12.8 Å². The Bertz CT molecular complexity index is 279. The van der Waals surface area contributed by atoms with Gasteiger partial charge in [0.25, 0.3) is 0 Å². The molecule has 15 heavy (non-hydrogen) atoms. The number of nitrogens with zero attached hydrogens (tertiary/aromatic N) is 1. The van der Waals surface area contributed by atoms with Crippen LogP contribution in [-0.4, -0.2) is 37.3 Å². The minimum absolute atomic E-state index is 0.256. The normalized spacial score (nSPS) is 16.6. The second-order valence-electron chi connectivity index (χ2n) is 3.64. The zero-order valence-electron chi connectivity index (χ0n) is 9.44. The molecule has 1 N–H and O–H groups in total. The zero-order chi connectivity index (χ0) is 11.1. The molecule has 0 aromatic carbocycles. The molecule has 0 aromatic heterocycles. The van der Waals surface area contributed by atoms with Crippen LogP contribution in [0, 0.1) is 0 Å². The van der Waals surface area contributed by atoms with E-state index in [-0.39, 0.29) is 6.61 Å². The van der Waals surface area contributed by atoms with Gasteiger partial charge in [0, 0.05) is 26.4 Å². The average Bonchev–Trinajstić information content (AvgIpc) is 2.23. The predicted molar refractivity (Wildman–Crippen MR) is 61.3 cm³/mol. The standard InChI is InChI=1S/C12H19NO2/c1-13-9-11(6-4-3-5-7-14)8-12(10-13)15-2/h4,6,8,10,14H,3,5,7,9H2,1-2H3/b6-4+. The molecular formula is C12H19NO2. The molecular weight excluding hydrogens is 190 g/mol. The lowest BCUT2D eigenvalue weighted by Crippen LogP contribution is -2.18. The van der Waals surface area contributed by atoms with Gasteiger partial charge in [-0.1, -0.05) is 12.2 Å². The van der Waals surface area contributed by atoms with Gasteiger partial charge in [-0.3, -0.25) is 0 Å². The molecule has 0 aromatic rings. The number of hydrogen-bond acceptors (Lipinski definition) is 3. The molecule has 3 heteroatoms. The van der Waals surface area contributed by atoms with Crippen molar-refractivity contribution in [1.29, 1.82) is 0 Å². The largest absolute Gasteiger partial charge is 0.495 e. The third kappa shape index (κ3) is 4.21. The molecule has 0 spiro atoms. The summed E-state index contributed by atoms with van der Waals surface area (Å²) in [6, 6.07) is 0. The van der Waals surface area contributed by atoms with Crippen LogP contribution in [0.15, 0.2) is 35.8 Å². The Hall–Kier alpha value is -1.22. The van der Waals surface area contributed by atoms with E-state index in [4.69, 9.17) is 9.84 Å². The predicted octanol–water partition coefficient (Wildman–Crippen LogP) is 1.67. The van der Waals surface area contributed by atoms with Crippen LogP contribution in [0.3, 0.4) is 0 Å². The van der Waals surface area contributed by atoms with E-state index in [1.807, 2.05) is 19.3 Å². The maximum atomic E-state index is 8.64. The van der Waals surface area contributed by atoms with E-state index in [0.717, 1.165) is 25.1 Å². The van der Waals surface area contributed by atoms with E-state index in [2.05, 4.69) is 17.1 Å². The Kier molecular flexibility index (Phi) is 4.98. The molecule has 1 rings (SSSR count). The third-order valence-electron chi connectivity index (χ3n) is 2.20. The van der Waals surface area contributed by atoms with Crippen molar-refractivity contribution < 1.29 is 9.84 Å². The highest BCUT2D eigenvalue weighted by Crippen LogP contribution is 2.14. The highest BCUT2D eigenvalue weighted by molar-refractivity contribution is 5.31. The summed E-state index contributed by atoms with van der Waals surface area (Å²) >= 11 is 0. The summed E-state index contributed by atoms with van der Waals surface area (Å²) in [6.07, 6.45) is 9.95. The Labute approximate surface area is 91.3 Å². The van der Waals surface area contributed by atoms with Gasteiger partial charge in [-0.2, -0.15) is 0 Å². The van der Waals surface area contributed by atoms with Crippen LogP contribution in [0.25, 0.3) is 0 Å². The molecule has 1 heterocycles. The highest BCUT2D eigenvalue weighted by atomic mass is 16.5. The Morgan fingerprint density at radius 3 is 3.07 bits per heavy atom. The fourth-order valence-corrected chi connectivity index (χ4v) is 1.47. The lowest BCUT2D eigenvalue weighted by molar-refractivity contribution is 0.288. The van der Waals surface area contributed by atoms with Crippen molar-refractivity contribution in [3.8, 4) is 0 Å². The number of methoxy groups -OCH3 is 1. The summed E-state index contributed by atoms with van der Waals surface area (Å²) in [4.78, 5) is 2.09. The van der Waals surface area contributed by atoms with E-state index in [0.29, 0.717) is 0 Å². The molecule has 1 aliphatic rings. The fraction of sp³-hybridized carbons (Fsp3) is 0.500. The van der Waals surface area contributed by atoms with Crippen molar-refractivity contribution in [1.82, 2.24) is 4.90 Å². The highest BCUT2D eigenvalue weighted by Gasteiger charge is 2.06. The Morgan fingerprint density at radius 1 is 1.60 bits per heavy atom. The summed E-state index contributed by atoms with van der Waals surface area (Å²) in [5.74, 6) is 0.880. The molecule has 0 radical (unpaired) electrons. The molecule has 1 aliphatic heterocycles. The van der Waals surface area contributed by atoms with Crippen LogP contribution in [0.5, 0.6) is 0 Å². The van der Waals surface area contributed by atoms with Gasteiger partial charge in [-0.05, 0) is 24.5 Å². The first-order chi connectivity index (χ1) is 7.26. The zero-order valence-corrected chi connectivity index (χ0v) is 9.44. The van der Waals surface area contributed by atoms with Gasteiger partial charge < -0.3 is 14.7 Å². The minimum Gasteiger partial charge on any atom is -0.495 e. The van der Waals surface area contributed by atoms with Crippen LogP contribution < -0.4 is 0 Å². The van der Waals surface area contributed by atoms with Crippen molar-refractivity contribution in [2.24, 2.45) is 0 Å². The van der Waals surface area contributed by atoms with Crippen LogP contribution >= 0.6 is 0 Å². The van der Waals surface area contributed by atoms with Gasteiger partial charge in [-0.15, -0.1) is 0 Å². The Morgan fingerprint density at radius 2 is 2.40 bits per heavy atom. The van der Waals surface area contributed by atoms with E-state index in [1.54, 1.807) is 7.11 Å². The first-order valence-corrected chi connectivity index (χ1v) is 5.20. The van der Waals surface area contributed by atoms with Gasteiger partial charge in [0.2, 0.25) is 0 Å². The number of aliphatic hydroxyl groups is 1. The first-order valence-electron chi connectivity index (χ1n) is 5.20. The molecule has 3 nitrogen and oxygen atoms in total. The molecule has 0 aliphatic carbocycles. The number of likely N-dealkylation sites (N-methyl/N-ethyl adjacent to an activating group) is 1. The minimum atomic E-state index is 0.256. The quantitative estimate of drug-likeness (QED) is 0.699. The molecule has 0 unspecified atom stereocenters. The van der Waals surface area contributed by atoms with Gasteiger partial charge in [0.05, 0.1) is 7.11 Å². The van der Waals surface area contributed by atoms with Crippen molar-refractivity contribution in [3.63, 3.8) is 0 Å². The van der Waals surface area contributed by atoms with E-state index in [9.17, 15) is 0 Å². The number of rotatable bonds is 5. The summed E-state index contributed by atoms with van der Waals surface area (Å²) in [7, 11) is 3.70. The van der Waals surface area contributed by atoms with Gasteiger partial charge in [0.15, 0.2) is 0 Å². The van der Waals surface area contributed by atoms with Crippen molar-refractivity contribution in [3.05, 3.63) is 35.8 Å². The maximum Gasteiger partial charge on any atom is 0.135 e. The molecule has 84 valence electrons. The smallest absolute Gasteiger partial charge is 0.135 e.